The van der Waals surface area contributed by atoms with Crippen molar-refractivity contribution in [3.63, 3.8) is 0 Å². The van der Waals surface area contributed by atoms with Crippen molar-refractivity contribution < 1.29 is 0 Å². The second-order valence-corrected chi connectivity index (χ2v) is 3.74. The molecule has 1 aliphatic rings. The summed E-state index contributed by atoms with van der Waals surface area (Å²) < 4.78 is 2.06. The zero-order valence-electron chi connectivity index (χ0n) is 9.01. The quantitative estimate of drug-likeness (QED) is 0.782. The van der Waals surface area contributed by atoms with Gasteiger partial charge in [-0.2, -0.15) is 5.10 Å². The van der Waals surface area contributed by atoms with E-state index in [-0.39, 0.29) is 5.92 Å². The standard InChI is InChI=1S/C10H15N5/c1-3-15-6-12-5-9(15)8-4-7(2)10(11)14-13-8/h5-7H,3-4H2,1-2H3,(H2,11,14). The normalized spacial score (nSPS) is 21.1. The Morgan fingerprint density at radius 2 is 2.33 bits per heavy atom. The van der Waals surface area contributed by atoms with Gasteiger partial charge in [-0.25, -0.2) is 4.98 Å². The van der Waals surface area contributed by atoms with E-state index in [1.807, 2.05) is 12.5 Å². The first-order valence-corrected chi connectivity index (χ1v) is 5.12. The van der Waals surface area contributed by atoms with Gasteiger partial charge < -0.3 is 10.3 Å². The maximum atomic E-state index is 5.68. The molecular formula is C10H15N5. The lowest BCUT2D eigenvalue weighted by atomic mass is 10.0. The van der Waals surface area contributed by atoms with Crippen LogP contribution in [0.1, 0.15) is 26.0 Å². The molecule has 0 spiro atoms. The first-order valence-electron chi connectivity index (χ1n) is 5.12. The van der Waals surface area contributed by atoms with Crippen molar-refractivity contribution in [1.29, 1.82) is 0 Å². The van der Waals surface area contributed by atoms with Crippen molar-refractivity contribution in [3.05, 3.63) is 18.2 Å². The van der Waals surface area contributed by atoms with Crippen LogP contribution in [-0.4, -0.2) is 21.1 Å². The van der Waals surface area contributed by atoms with Crippen molar-refractivity contribution in [2.75, 3.05) is 0 Å². The number of rotatable bonds is 2. The van der Waals surface area contributed by atoms with Crippen LogP contribution in [-0.2, 0) is 6.54 Å². The molecular weight excluding hydrogens is 190 g/mol. The van der Waals surface area contributed by atoms with Crippen LogP contribution >= 0.6 is 0 Å². The predicted molar refractivity (Wildman–Crippen MR) is 59.8 cm³/mol. The van der Waals surface area contributed by atoms with E-state index in [0.29, 0.717) is 5.84 Å². The molecule has 2 rings (SSSR count). The van der Waals surface area contributed by atoms with Crippen molar-refractivity contribution in [1.82, 2.24) is 9.55 Å². The average molecular weight is 205 g/mol. The zero-order chi connectivity index (χ0) is 10.8. The zero-order valence-corrected chi connectivity index (χ0v) is 9.01. The van der Waals surface area contributed by atoms with Crippen LogP contribution in [0, 0.1) is 5.92 Å². The average Bonchev–Trinajstić information content (AvgIpc) is 2.70. The predicted octanol–water partition coefficient (Wildman–Crippen LogP) is 1.00. The van der Waals surface area contributed by atoms with Gasteiger partial charge in [-0.1, -0.05) is 6.92 Å². The van der Waals surface area contributed by atoms with Crippen molar-refractivity contribution in [2.45, 2.75) is 26.8 Å². The van der Waals surface area contributed by atoms with Gasteiger partial charge in [-0.15, -0.1) is 5.10 Å². The van der Waals surface area contributed by atoms with E-state index in [9.17, 15) is 0 Å². The summed E-state index contributed by atoms with van der Waals surface area (Å²) in [6, 6.07) is 0. The van der Waals surface area contributed by atoms with Crippen LogP contribution in [0.3, 0.4) is 0 Å². The Morgan fingerprint density at radius 3 is 3.00 bits per heavy atom. The molecule has 0 bridgehead atoms. The minimum atomic E-state index is 0.262. The summed E-state index contributed by atoms with van der Waals surface area (Å²) in [5, 5.41) is 8.10. The molecule has 5 nitrogen and oxygen atoms in total. The highest BCUT2D eigenvalue weighted by atomic mass is 15.3. The summed E-state index contributed by atoms with van der Waals surface area (Å²) in [6.07, 6.45) is 4.47. The first kappa shape index (κ1) is 9.89. The lowest BCUT2D eigenvalue weighted by Crippen LogP contribution is -2.27. The number of aromatic nitrogens is 2. The van der Waals surface area contributed by atoms with Gasteiger partial charge >= 0.3 is 0 Å². The minimum absolute atomic E-state index is 0.262. The monoisotopic (exact) mass is 205 g/mol. The van der Waals surface area contributed by atoms with E-state index in [4.69, 9.17) is 5.73 Å². The van der Waals surface area contributed by atoms with Crippen LogP contribution in [0.25, 0.3) is 0 Å². The van der Waals surface area contributed by atoms with Gasteiger partial charge in [0.1, 0.15) is 5.84 Å². The smallest absolute Gasteiger partial charge is 0.125 e. The summed E-state index contributed by atoms with van der Waals surface area (Å²) in [4.78, 5) is 4.11. The topological polar surface area (TPSA) is 68.6 Å². The molecule has 2 heterocycles. The Kier molecular flexibility index (Phi) is 2.53. The van der Waals surface area contributed by atoms with Gasteiger partial charge in [0.15, 0.2) is 0 Å². The summed E-state index contributed by atoms with van der Waals surface area (Å²) in [5.74, 6) is 0.874. The summed E-state index contributed by atoms with van der Waals surface area (Å²) >= 11 is 0. The van der Waals surface area contributed by atoms with Crippen molar-refractivity contribution >= 4 is 11.5 Å². The van der Waals surface area contributed by atoms with Crippen LogP contribution < -0.4 is 5.73 Å². The largest absolute Gasteiger partial charge is 0.385 e. The fourth-order valence-corrected chi connectivity index (χ4v) is 1.62. The fraction of sp³-hybridized carbons (Fsp3) is 0.500. The molecule has 5 heteroatoms. The highest BCUT2D eigenvalue weighted by Crippen LogP contribution is 2.15. The van der Waals surface area contributed by atoms with Gasteiger partial charge in [0.2, 0.25) is 0 Å². The third kappa shape index (κ3) is 1.77. The molecule has 1 aliphatic heterocycles. The summed E-state index contributed by atoms with van der Waals surface area (Å²) in [7, 11) is 0. The molecule has 0 amide bonds. The number of aryl methyl sites for hydroxylation is 1. The van der Waals surface area contributed by atoms with E-state index in [1.54, 1.807) is 0 Å². The van der Waals surface area contributed by atoms with Crippen LogP contribution in [0.4, 0.5) is 0 Å². The second-order valence-electron chi connectivity index (χ2n) is 3.74. The summed E-state index contributed by atoms with van der Waals surface area (Å²) in [6.45, 7) is 5.03. The Balaban J connectivity index is 2.33. The lowest BCUT2D eigenvalue weighted by Gasteiger charge is -2.16. The molecule has 1 aromatic heterocycles. The lowest BCUT2D eigenvalue weighted by molar-refractivity contribution is 0.733. The van der Waals surface area contributed by atoms with Gasteiger partial charge in [0, 0.05) is 18.9 Å². The fourth-order valence-electron chi connectivity index (χ4n) is 1.62. The van der Waals surface area contributed by atoms with Crippen molar-refractivity contribution in [2.24, 2.45) is 21.9 Å². The van der Waals surface area contributed by atoms with Crippen LogP contribution in [0.2, 0.25) is 0 Å². The molecule has 0 aliphatic carbocycles. The van der Waals surface area contributed by atoms with E-state index < -0.39 is 0 Å². The van der Waals surface area contributed by atoms with E-state index in [1.165, 1.54) is 0 Å². The second kappa shape index (κ2) is 3.84. The number of nitrogens with two attached hydrogens (primary N) is 1. The SMILES string of the molecule is CCn1cncc1C1=NN=C(N)C(C)C1. The Hall–Kier alpha value is -1.65. The van der Waals surface area contributed by atoms with Gasteiger partial charge in [-0.3, -0.25) is 0 Å². The van der Waals surface area contributed by atoms with Gasteiger partial charge in [0.05, 0.1) is 23.9 Å². The highest BCUT2D eigenvalue weighted by molar-refractivity contribution is 6.03. The molecule has 0 fully saturated rings. The molecule has 1 atom stereocenters. The highest BCUT2D eigenvalue weighted by Gasteiger charge is 2.19. The third-order valence-corrected chi connectivity index (χ3v) is 2.64. The number of hydrogen-bond donors (Lipinski definition) is 1. The molecule has 80 valence electrons. The number of hydrogen-bond acceptors (Lipinski definition) is 4. The molecule has 1 unspecified atom stereocenters. The number of nitrogens with zero attached hydrogens (tertiary/aromatic N) is 4. The Labute approximate surface area is 88.7 Å². The van der Waals surface area contributed by atoms with E-state index >= 15 is 0 Å². The third-order valence-electron chi connectivity index (χ3n) is 2.64. The molecule has 0 aromatic carbocycles. The maximum Gasteiger partial charge on any atom is 0.125 e. The Bertz CT molecular complexity index is 415. The minimum Gasteiger partial charge on any atom is -0.385 e. The van der Waals surface area contributed by atoms with E-state index in [2.05, 4.69) is 33.6 Å². The van der Waals surface area contributed by atoms with Gasteiger partial charge in [-0.05, 0) is 6.92 Å². The molecule has 0 radical (unpaired) electrons. The Morgan fingerprint density at radius 1 is 1.53 bits per heavy atom. The molecule has 2 N–H and O–H groups in total. The molecule has 0 saturated carbocycles. The molecule has 0 saturated heterocycles. The maximum absolute atomic E-state index is 5.68. The molecule has 1 aromatic rings. The van der Waals surface area contributed by atoms with Crippen molar-refractivity contribution in [3.8, 4) is 0 Å². The number of amidine groups is 1. The van der Waals surface area contributed by atoms with Crippen LogP contribution in [0.15, 0.2) is 22.7 Å². The first-order chi connectivity index (χ1) is 7.22. The van der Waals surface area contributed by atoms with E-state index in [0.717, 1.165) is 24.4 Å². The number of imidazole rings is 1. The van der Waals surface area contributed by atoms with Crippen LogP contribution in [0.5, 0.6) is 0 Å². The van der Waals surface area contributed by atoms with Gasteiger partial charge in [0.25, 0.3) is 0 Å². The molecule has 15 heavy (non-hydrogen) atoms. The summed E-state index contributed by atoms with van der Waals surface area (Å²) in [5.41, 5.74) is 7.70.